The number of aromatic nitrogens is 2. The molecule has 5 nitrogen and oxygen atoms in total. The number of aryl methyl sites for hydroxylation is 1. The Morgan fingerprint density at radius 2 is 2.06 bits per heavy atom. The van der Waals surface area contributed by atoms with Crippen molar-refractivity contribution in [2.45, 2.75) is 6.54 Å². The molecule has 0 unspecified atom stereocenters. The Kier molecular flexibility index (Phi) is 3.62. The van der Waals surface area contributed by atoms with Crippen LogP contribution in [0.2, 0.25) is 0 Å². The lowest BCUT2D eigenvalue weighted by Gasteiger charge is -2.06. The molecule has 1 heterocycles. The van der Waals surface area contributed by atoms with E-state index >= 15 is 0 Å². The standard InChI is InChI=1S/C13H16N4O/c1-14-11-5-3-10(4-6-11)13(18)16-9-12-15-7-8-17(12)2/h3-8,14H,9H2,1-2H3,(H,16,18). The van der Waals surface area contributed by atoms with Crippen LogP contribution < -0.4 is 10.6 Å². The first-order chi connectivity index (χ1) is 8.70. The van der Waals surface area contributed by atoms with Crippen LogP contribution in [-0.4, -0.2) is 22.5 Å². The first kappa shape index (κ1) is 12.2. The molecule has 2 rings (SSSR count). The van der Waals surface area contributed by atoms with Crippen molar-refractivity contribution in [2.75, 3.05) is 12.4 Å². The van der Waals surface area contributed by atoms with Gasteiger partial charge in [-0.1, -0.05) is 0 Å². The summed E-state index contributed by atoms with van der Waals surface area (Å²) in [6, 6.07) is 7.32. The number of hydrogen-bond acceptors (Lipinski definition) is 3. The molecule has 0 spiro atoms. The van der Waals surface area contributed by atoms with Crippen LogP contribution in [0.3, 0.4) is 0 Å². The van der Waals surface area contributed by atoms with E-state index in [4.69, 9.17) is 0 Å². The zero-order chi connectivity index (χ0) is 13.0. The first-order valence-corrected chi connectivity index (χ1v) is 5.73. The van der Waals surface area contributed by atoms with E-state index in [0.29, 0.717) is 12.1 Å². The lowest BCUT2D eigenvalue weighted by atomic mass is 10.2. The Morgan fingerprint density at radius 1 is 1.33 bits per heavy atom. The number of amides is 1. The molecule has 0 atom stereocenters. The zero-order valence-electron chi connectivity index (χ0n) is 10.5. The highest BCUT2D eigenvalue weighted by molar-refractivity contribution is 5.94. The van der Waals surface area contributed by atoms with E-state index in [1.54, 1.807) is 18.3 Å². The van der Waals surface area contributed by atoms with Crippen LogP contribution in [0.5, 0.6) is 0 Å². The fraction of sp³-hybridized carbons (Fsp3) is 0.231. The molecule has 94 valence electrons. The molecule has 0 saturated heterocycles. The number of rotatable bonds is 4. The van der Waals surface area contributed by atoms with Crippen molar-refractivity contribution in [2.24, 2.45) is 7.05 Å². The predicted molar refractivity (Wildman–Crippen MR) is 70.4 cm³/mol. The molecule has 5 heteroatoms. The molecule has 0 fully saturated rings. The van der Waals surface area contributed by atoms with Crippen LogP contribution in [0.15, 0.2) is 36.7 Å². The van der Waals surface area contributed by atoms with Crippen molar-refractivity contribution in [3.63, 3.8) is 0 Å². The summed E-state index contributed by atoms with van der Waals surface area (Å²) in [7, 11) is 3.74. The van der Waals surface area contributed by atoms with E-state index in [9.17, 15) is 4.79 Å². The number of carbonyl (C=O) groups is 1. The summed E-state index contributed by atoms with van der Waals surface area (Å²) in [5.74, 6) is 0.732. The highest BCUT2D eigenvalue weighted by Gasteiger charge is 2.06. The Bertz CT molecular complexity index is 530. The molecule has 2 aromatic rings. The quantitative estimate of drug-likeness (QED) is 0.854. The highest BCUT2D eigenvalue weighted by Crippen LogP contribution is 2.08. The molecule has 0 aliphatic carbocycles. The van der Waals surface area contributed by atoms with Gasteiger partial charge in [-0.15, -0.1) is 0 Å². The average Bonchev–Trinajstić information content (AvgIpc) is 2.81. The topological polar surface area (TPSA) is 59.0 Å². The van der Waals surface area contributed by atoms with Crippen molar-refractivity contribution in [3.05, 3.63) is 48.0 Å². The number of imidazole rings is 1. The van der Waals surface area contributed by atoms with Crippen LogP contribution >= 0.6 is 0 Å². The van der Waals surface area contributed by atoms with E-state index in [1.165, 1.54) is 0 Å². The average molecular weight is 244 g/mol. The van der Waals surface area contributed by atoms with Crippen LogP contribution in [0.25, 0.3) is 0 Å². The van der Waals surface area contributed by atoms with Gasteiger partial charge in [0.25, 0.3) is 5.91 Å². The molecule has 0 bridgehead atoms. The number of hydrogen-bond donors (Lipinski definition) is 2. The first-order valence-electron chi connectivity index (χ1n) is 5.73. The number of carbonyl (C=O) groups excluding carboxylic acids is 1. The van der Waals surface area contributed by atoms with E-state index in [2.05, 4.69) is 15.6 Å². The predicted octanol–water partition coefficient (Wildman–Crippen LogP) is 1.39. The summed E-state index contributed by atoms with van der Waals surface area (Å²) in [6.45, 7) is 0.427. The SMILES string of the molecule is CNc1ccc(C(=O)NCc2nccn2C)cc1. The zero-order valence-corrected chi connectivity index (χ0v) is 10.5. The number of nitrogens with one attached hydrogen (secondary N) is 2. The summed E-state index contributed by atoms with van der Waals surface area (Å²) in [5, 5.41) is 5.85. The molecule has 0 aliphatic heterocycles. The number of benzene rings is 1. The molecule has 0 aliphatic rings. The minimum absolute atomic E-state index is 0.0966. The largest absolute Gasteiger partial charge is 0.388 e. The van der Waals surface area contributed by atoms with Crippen LogP contribution in [0.4, 0.5) is 5.69 Å². The highest BCUT2D eigenvalue weighted by atomic mass is 16.1. The second kappa shape index (κ2) is 5.35. The molecule has 2 N–H and O–H groups in total. The maximum absolute atomic E-state index is 11.9. The van der Waals surface area contributed by atoms with Crippen LogP contribution in [0, 0.1) is 0 Å². The fourth-order valence-corrected chi connectivity index (χ4v) is 1.62. The van der Waals surface area contributed by atoms with Crippen LogP contribution in [-0.2, 0) is 13.6 Å². The Hall–Kier alpha value is -2.30. The van der Waals surface area contributed by atoms with Gasteiger partial charge in [-0.05, 0) is 24.3 Å². The fourth-order valence-electron chi connectivity index (χ4n) is 1.62. The van der Waals surface area contributed by atoms with E-state index in [-0.39, 0.29) is 5.91 Å². The molecule has 1 aromatic carbocycles. The lowest BCUT2D eigenvalue weighted by molar-refractivity contribution is 0.0949. The van der Waals surface area contributed by atoms with E-state index < -0.39 is 0 Å². The van der Waals surface area contributed by atoms with Crippen LogP contribution in [0.1, 0.15) is 16.2 Å². The van der Waals surface area contributed by atoms with Crippen molar-refractivity contribution < 1.29 is 4.79 Å². The van der Waals surface area contributed by atoms with Gasteiger partial charge in [-0.2, -0.15) is 0 Å². The number of nitrogens with zero attached hydrogens (tertiary/aromatic N) is 2. The van der Waals surface area contributed by atoms with Crippen molar-refractivity contribution in [3.8, 4) is 0 Å². The van der Waals surface area contributed by atoms with Crippen molar-refractivity contribution in [1.29, 1.82) is 0 Å². The molecule has 18 heavy (non-hydrogen) atoms. The molecule has 1 amide bonds. The normalized spacial score (nSPS) is 10.1. The molecule has 0 radical (unpaired) electrons. The van der Waals surface area contributed by atoms with Gasteiger partial charge in [0.05, 0.1) is 6.54 Å². The third-order valence-corrected chi connectivity index (χ3v) is 2.76. The summed E-state index contributed by atoms with van der Waals surface area (Å²) in [6.07, 6.45) is 3.56. The summed E-state index contributed by atoms with van der Waals surface area (Å²) < 4.78 is 1.88. The van der Waals surface area contributed by atoms with Crippen molar-refractivity contribution in [1.82, 2.24) is 14.9 Å². The van der Waals surface area contributed by atoms with Gasteiger partial charge in [0.1, 0.15) is 5.82 Å². The number of anilines is 1. The van der Waals surface area contributed by atoms with Gasteiger partial charge in [0, 0.05) is 37.7 Å². The second-order valence-electron chi connectivity index (χ2n) is 3.96. The summed E-state index contributed by atoms with van der Waals surface area (Å²) in [4.78, 5) is 16.0. The minimum Gasteiger partial charge on any atom is -0.388 e. The van der Waals surface area contributed by atoms with Gasteiger partial charge in [0.2, 0.25) is 0 Å². The second-order valence-corrected chi connectivity index (χ2v) is 3.96. The molecule has 0 saturated carbocycles. The third kappa shape index (κ3) is 2.68. The van der Waals surface area contributed by atoms with Gasteiger partial charge in [-0.25, -0.2) is 4.98 Å². The smallest absolute Gasteiger partial charge is 0.251 e. The summed E-state index contributed by atoms with van der Waals surface area (Å²) >= 11 is 0. The Labute approximate surface area is 106 Å². The molecule has 1 aromatic heterocycles. The van der Waals surface area contributed by atoms with E-state index in [1.807, 2.05) is 37.0 Å². The van der Waals surface area contributed by atoms with Gasteiger partial charge in [0.15, 0.2) is 0 Å². The molecular formula is C13H16N4O. The van der Waals surface area contributed by atoms with Crippen molar-refractivity contribution >= 4 is 11.6 Å². The van der Waals surface area contributed by atoms with Gasteiger partial charge in [-0.3, -0.25) is 4.79 Å². The summed E-state index contributed by atoms with van der Waals surface area (Å²) in [5.41, 5.74) is 1.62. The Morgan fingerprint density at radius 3 is 2.61 bits per heavy atom. The van der Waals surface area contributed by atoms with E-state index in [0.717, 1.165) is 11.5 Å². The van der Waals surface area contributed by atoms with Gasteiger partial charge >= 0.3 is 0 Å². The Balaban J connectivity index is 1.97. The van der Waals surface area contributed by atoms with Gasteiger partial charge < -0.3 is 15.2 Å². The monoisotopic (exact) mass is 244 g/mol. The molecular weight excluding hydrogens is 228 g/mol. The maximum atomic E-state index is 11.9. The lowest BCUT2D eigenvalue weighted by Crippen LogP contribution is -2.24. The third-order valence-electron chi connectivity index (χ3n) is 2.76. The minimum atomic E-state index is -0.0966. The maximum Gasteiger partial charge on any atom is 0.251 e.